The summed E-state index contributed by atoms with van der Waals surface area (Å²) in [5, 5.41) is 3.68. The van der Waals surface area contributed by atoms with Crippen LogP contribution in [0.1, 0.15) is 31.4 Å². The summed E-state index contributed by atoms with van der Waals surface area (Å²) in [5.74, 6) is 2.02. The van der Waals surface area contributed by atoms with Gasteiger partial charge in [0.25, 0.3) is 0 Å². The Morgan fingerprint density at radius 2 is 2.36 bits per heavy atom. The Hall–Kier alpha value is -0.760. The van der Waals surface area contributed by atoms with E-state index in [0.29, 0.717) is 0 Å². The second kappa shape index (κ2) is 3.43. The molecule has 1 heterocycles. The molecule has 0 saturated heterocycles. The van der Waals surface area contributed by atoms with Crippen LogP contribution in [0.15, 0.2) is 18.3 Å². The highest BCUT2D eigenvalue weighted by molar-refractivity contribution is 5.04. The van der Waals surface area contributed by atoms with E-state index in [1.165, 1.54) is 31.4 Å². The Kier molecular flexibility index (Phi) is 2.09. The van der Waals surface area contributed by atoms with Gasteiger partial charge in [-0.15, -0.1) is 0 Å². The van der Waals surface area contributed by atoms with Gasteiger partial charge in [-0.2, -0.15) is 0 Å². The van der Waals surface area contributed by atoms with Crippen molar-refractivity contribution in [2.24, 2.45) is 11.8 Å². The van der Waals surface area contributed by atoms with Crippen molar-refractivity contribution in [1.29, 1.82) is 0 Å². The second-order valence-corrected chi connectivity index (χ2v) is 4.86. The Labute approximate surface area is 85.1 Å². The first kappa shape index (κ1) is 8.54. The van der Waals surface area contributed by atoms with E-state index in [4.69, 9.17) is 0 Å². The van der Waals surface area contributed by atoms with Crippen molar-refractivity contribution in [2.75, 3.05) is 0 Å². The van der Waals surface area contributed by atoms with E-state index in [9.17, 15) is 0 Å². The summed E-state index contributed by atoms with van der Waals surface area (Å²) < 4.78 is 0. The van der Waals surface area contributed by atoms with Crippen molar-refractivity contribution < 1.29 is 0 Å². The van der Waals surface area contributed by atoms with Gasteiger partial charge in [-0.05, 0) is 43.2 Å². The molecule has 0 aliphatic heterocycles. The van der Waals surface area contributed by atoms with Crippen LogP contribution in [0, 0.1) is 11.8 Å². The first-order valence-electron chi connectivity index (χ1n) is 5.77. The van der Waals surface area contributed by atoms with Crippen LogP contribution in [0.5, 0.6) is 0 Å². The molecular weight excluding hydrogens is 172 g/mol. The predicted molar refractivity (Wildman–Crippen MR) is 56.9 cm³/mol. The van der Waals surface area contributed by atoms with E-state index < -0.39 is 0 Å². The lowest BCUT2D eigenvalue weighted by Gasteiger charge is -2.22. The minimum atomic E-state index is 0.803. The van der Waals surface area contributed by atoms with Gasteiger partial charge in [0.2, 0.25) is 0 Å². The highest BCUT2D eigenvalue weighted by atomic mass is 14.9. The van der Waals surface area contributed by atoms with Crippen LogP contribution < -0.4 is 5.32 Å². The minimum Gasteiger partial charge on any atom is -0.364 e. The molecule has 2 nitrogen and oxygen atoms in total. The van der Waals surface area contributed by atoms with Crippen LogP contribution in [0.4, 0.5) is 0 Å². The second-order valence-electron chi connectivity index (χ2n) is 4.86. The number of rotatable bonds is 3. The number of aromatic amines is 1. The van der Waals surface area contributed by atoms with Crippen molar-refractivity contribution in [3.8, 4) is 0 Å². The molecule has 2 bridgehead atoms. The van der Waals surface area contributed by atoms with E-state index in [0.717, 1.165) is 24.4 Å². The number of hydrogen-bond acceptors (Lipinski definition) is 1. The van der Waals surface area contributed by atoms with Gasteiger partial charge >= 0.3 is 0 Å². The molecule has 3 rings (SSSR count). The lowest BCUT2D eigenvalue weighted by Crippen LogP contribution is -2.33. The quantitative estimate of drug-likeness (QED) is 0.752. The maximum atomic E-state index is 3.68. The number of aromatic nitrogens is 1. The van der Waals surface area contributed by atoms with Gasteiger partial charge in [0, 0.05) is 24.5 Å². The summed E-state index contributed by atoms with van der Waals surface area (Å²) >= 11 is 0. The zero-order valence-electron chi connectivity index (χ0n) is 8.50. The Morgan fingerprint density at radius 1 is 1.36 bits per heavy atom. The fourth-order valence-electron chi connectivity index (χ4n) is 3.21. The molecule has 0 aromatic carbocycles. The van der Waals surface area contributed by atoms with E-state index in [1.54, 1.807) is 0 Å². The van der Waals surface area contributed by atoms with Crippen LogP contribution in [0.3, 0.4) is 0 Å². The van der Waals surface area contributed by atoms with Gasteiger partial charge in [0.15, 0.2) is 0 Å². The lowest BCUT2D eigenvalue weighted by molar-refractivity contribution is 0.349. The number of H-pyrrole nitrogens is 1. The predicted octanol–water partition coefficient (Wildman–Crippen LogP) is 2.29. The van der Waals surface area contributed by atoms with Gasteiger partial charge in [0.05, 0.1) is 0 Å². The lowest BCUT2D eigenvalue weighted by atomic mass is 9.95. The van der Waals surface area contributed by atoms with E-state index in [-0.39, 0.29) is 0 Å². The summed E-state index contributed by atoms with van der Waals surface area (Å²) in [4.78, 5) is 3.24. The van der Waals surface area contributed by atoms with Crippen LogP contribution in [-0.4, -0.2) is 11.0 Å². The standard InChI is InChI=1S/C12H18N2/c1-2-11(13-5-1)8-14-12-7-9-3-4-10(12)6-9/h1-2,5,9-10,12-14H,3-4,6-8H2. The van der Waals surface area contributed by atoms with Crippen molar-refractivity contribution >= 4 is 0 Å². The molecule has 0 amide bonds. The highest BCUT2D eigenvalue weighted by Crippen LogP contribution is 2.44. The summed E-state index contributed by atoms with van der Waals surface area (Å²) in [5.41, 5.74) is 1.31. The van der Waals surface area contributed by atoms with Gasteiger partial charge in [-0.25, -0.2) is 0 Å². The number of hydrogen-bond donors (Lipinski definition) is 2. The molecule has 2 fully saturated rings. The fraction of sp³-hybridized carbons (Fsp3) is 0.667. The minimum absolute atomic E-state index is 0.803. The average molecular weight is 190 g/mol. The molecule has 2 N–H and O–H groups in total. The van der Waals surface area contributed by atoms with E-state index in [1.807, 2.05) is 6.20 Å². The molecule has 0 spiro atoms. The molecular formula is C12H18N2. The zero-order valence-corrected chi connectivity index (χ0v) is 8.50. The molecule has 2 saturated carbocycles. The molecule has 3 unspecified atom stereocenters. The van der Waals surface area contributed by atoms with Gasteiger partial charge in [-0.3, -0.25) is 0 Å². The Morgan fingerprint density at radius 3 is 3.00 bits per heavy atom. The van der Waals surface area contributed by atoms with Gasteiger partial charge in [0.1, 0.15) is 0 Å². The van der Waals surface area contributed by atoms with Crippen molar-refractivity contribution in [3.63, 3.8) is 0 Å². The molecule has 76 valence electrons. The third-order valence-corrected chi connectivity index (χ3v) is 3.96. The fourth-order valence-corrected chi connectivity index (χ4v) is 3.21. The van der Waals surface area contributed by atoms with Crippen molar-refractivity contribution in [1.82, 2.24) is 10.3 Å². The third-order valence-electron chi connectivity index (χ3n) is 3.96. The molecule has 2 aliphatic rings. The van der Waals surface area contributed by atoms with Crippen LogP contribution in [0.25, 0.3) is 0 Å². The first-order valence-corrected chi connectivity index (χ1v) is 5.77. The normalized spacial score (nSPS) is 35.3. The summed E-state index contributed by atoms with van der Waals surface area (Å²) in [7, 11) is 0. The molecule has 1 aromatic heterocycles. The number of fused-ring (bicyclic) bond motifs is 2. The summed E-state index contributed by atoms with van der Waals surface area (Å²) in [6.45, 7) is 1.01. The maximum absolute atomic E-state index is 3.68. The highest BCUT2D eigenvalue weighted by Gasteiger charge is 2.38. The smallest absolute Gasteiger partial charge is 0.0359 e. The topological polar surface area (TPSA) is 27.8 Å². The zero-order chi connectivity index (χ0) is 9.38. The Bertz CT molecular complexity index is 291. The molecule has 3 atom stereocenters. The SMILES string of the molecule is c1c[nH]c(CNC2CC3CCC2C3)c1. The number of nitrogens with one attached hydrogen (secondary N) is 2. The van der Waals surface area contributed by atoms with Crippen LogP contribution in [-0.2, 0) is 6.54 Å². The molecule has 14 heavy (non-hydrogen) atoms. The molecule has 0 radical (unpaired) electrons. The third kappa shape index (κ3) is 1.48. The largest absolute Gasteiger partial charge is 0.364 e. The monoisotopic (exact) mass is 190 g/mol. The summed E-state index contributed by atoms with van der Waals surface area (Å²) in [6, 6.07) is 5.02. The van der Waals surface area contributed by atoms with Gasteiger partial charge in [-0.1, -0.05) is 6.42 Å². The summed E-state index contributed by atoms with van der Waals surface area (Å²) in [6.07, 6.45) is 7.87. The van der Waals surface area contributed by atoms with Crippen LogP contribution in [0.2, 0.25) is 0 Å². The molecule has 2 heteroatoms. The van der Waals surface area contributed by atoms with Crippen molar-refractivity contribution in [3.05, 3.63) is 24.0 Å². The van der Waals surface area contributed by atoms with Crippen LogP contribution >= 0.6 is 0 Å². The Balaban J connectivity index is 1.54. The maximum Gasteiger partial charge on any atom is 0.0359 e. The van der Waals surface area contributed by atoms with E-state index in [2.05, 4.69) is 22.4 Å². The van der Waals surface area contributed by atoms with E-state index >= 15 is 0 Å². The molecule has 2 aliphatic carbocycles. The van der Waals surface area contributed by atoms with Gasteiger partial charge < -0.3 is 10.3 Å². The molecule has 1 aromatic rings. The van der Waals surface area contributed by atoms with Crippen molar-refractivity contribution in [2.45, 2.75) is 38.3 Å². The average Bonchev–Trinajstić information content (AvgIpc) is 2.91. The first-order chi connectivity index (χ1) is 6.92.